The molecule has 1 amide bonds. The van der Waals surface area contributed by atoms with Crippen LogP contribution < -0.4 is 0 Å². The van der Waals surface area contributed by atoms with Crippen LogP contribution in [0.4, 0.5) is 0 Å². The lowest BCUT2D eigenvalue weighted by molar-refractivity contribution is 0.0689. The molecule has 0 radical (unpaired) electrons. The van der Waals surface area contributed by atoms with Gasteiger partial charge in [0.15, 0.2) is 0 Å². The van der Waals surface area contributed by atoms with Crippen LogP contribution in [0.15, 0.2) is 12.4 Å². The zero-order chi connectivity index (χ0) is 9.97. The third-order valence-electron chi connectivity index (χ3n) is 1.86. The van der Waals surface area contributed by atoms with Crippen LogP contribution in [0, 0.1) is 0 Å². The van der Waals surface area contributed by atoms with Crippen molar-refractivity contribution < 1.29 is 9.53 Å². The molecule has 74 valence electrons. The smallest absolute Gasteiger partial charge is 0.276 e. The largest absolute Gasteiger partial charge is 0.359 e. The second-order valence-electron chi connectivity index (χ2n) is 2.83. The highest BCUT2D eigenvalue weighted by molar-refractivity contribution is 6.29. The zero-order valence-corrected chi connectivity index (χ0v) is 8.07. The van der Waals surface area contributed by atoms with E-state index >= 15 is 0 Å². The maximum absolute atomic E-state index is 11.7. The fraction of sp³-hybridized carbons (Fsp3) is 0.375. The van der Waals surface area contributed by atoms with Crippen molar-refractivity contribution in [3.63, 3.8) is 0 Å². The minimum Gasteiger partial charge on any atom is -0.359 e. The molecular formula is C8H8ClN3O2. The molecule has 1 aliphatic heterocycles. The quantitative estimate of drug-likeness (QED) is 0.684. The van der Waals surface area contributed by atoms with Crippen LogP contribution in [0.25, 0.3) is 0 Å². The molecule has 1 aromatic rings. The molecule has 14 heavy (non-hydrogen) atoms. The summed E-state index contributed by atoms with van der Waals surface area (Å²) in [6, 6.07) is 0. The molecule has 1 aliphatic rings. The summed E-state index contributed by atoms with van der Waals surface area (Å²) in [6.45, 7) is 1.47. The van der Waals surface area contributed by atoms with Crippen LogP contribution in [0.3, 0.4) is 0 Å². The Balaban J connectivity index is 2.17. The number of halogens is 1. The van der Waals surface area contributed by atoms with Crippen molar-refractivity contribution in [3.05, 3.63) is 23.2 Å². The minimum atomic E-state index is -0.197. The normalized spacial score (nSPS) is 15.9. The number of carbonyl (C=O) groups is 1. The second kappa shape index (κ2) is 3.89. The van der Waals surface area contributed by atoms with E-state index in [1.807, 2.05) is 0 Å². The maximum atomic E-state index is 11.7. The number of nitrogens with zero attached hydrogens (tertiary/aromatic N) is 3. The van der Waals surface area contributed by atoms with E-state index in [1.165, 1.54) is 12.4 Å². The Morgan fingerprint density at radius 3 is 3.07 bits per heavy atom. The topological polar surface area (TPSA) is 55.3 Å². The number of hydrogen-bond donors (Lipinski definition) is 0. The van der Waals surface area contributed by atoms with Gasteiger partial charge in [0.05, 0.1) is 19.0 Å². The zero-order valence-electron chi connectivity index (χ0n) is 7.31. The van der Waals surface area contributed by atoms with Crippen molar-refractivity contribution in [2.45, 2.75) is 0 Å². The van der Waals surface area contributed by atoms with Gasteiger partial charge in [0.1, 0.15) is 17.6 Å². The Labute approximate surface area is 85.7 Å². The predicted octanol–water partition coefficient (Wildman–Crippen LogP) is 0.560. The molecule has 0 spiro atoms. The lowest BCUT2D eigenvalue weighted by Gasteiger charge is -2.11. The third kappa shape index (κ3) is 1.83. The Morgan fingerprint density at radius 1 is 1.57 bits per heavy atom. The van der Waals surface area contributed by atoms with E-state index in [1.54, 1.807) is 4.90 Å². The Hall–Kier alpha value is -1.20. The number of carbonyl (C=O) groups excluding carboxylic acids is 1. The van der Waals surface area contributed by atoms with Crippen molar-refractivity contribution in [1.29, 1.82) is 0 Å². The molecule has 1 saturated heterocycles. The average molecular weight is 214 g/mol. The van der Waals surface area contributed by atoms with Crippen LogP contribution in [0.1, 0.15) is 10.5 Å². The van der Waals surface area contributed by atoms with E-state index in [-0.39, 0.29) is 16.8 Å². The fourth-order valence-electron chi connectivity index (χ4n) is 1.18. The first-order chi connectivity index (χ1) is 6.77. The highest BCUT2D eigenvalue weighted by Gasteiger charge is 2.21. The summed E-state index contributed by atoms with van der Waals surface area (Å²) in [5.74, 6) is -0.197. The van der Waals surface area contributed by atoms with Crippen molar-refractivity contribution >= 4 is 17.5 Å². The molecule has 0 saturated carbocycles. The Morgan fingerprint density at radius 2 is 2.43 bits per heavy atom. The molecule has 0 N–H and O–H groups in total. The summed E-state index contributed by atoms with van der Waals surface area (Å²) in [6.07, 6.45) is 2.78. The molecule has 1 fully saturated rings. The number of amides is 1. The monoisotopic (exact) mass is 213 g/mol. The maximum Gasteiger partial charge on any atom is 0.276 e. The molecule has 0 atom stereocenters. The van der Waals surface area contributed by atoms with Gasteiger partial charge in [-0.15, -0.1) is 0 Å². The summed E-state index contributed by atoms with van der Waals surface area (Å²) in [5.41, 5.74) is 0.253. The van der Waals surface area contributed by atoms with Crippen LogP contribution in [-0.4, -0.2) is 40.7 Å². The van der Waals surface area contributed by atoms with Gasteiger partial charge in [-0.25, -0.2) is 4.98 Å². The molecular weight excluding hydrogens is 206 g/mol. The second-order valence-corrected chi connectivity index (χ2v) is 3.22. The van der Waals surface area contributed by atoms with E-state index in [0.717, 1.165) is 0 Å². The first-order valence-electron chi connectivity index (χ1n) is 4.12. The fourth-order valence-corrected chi connectivity index (χ4v) is 1.33. The van der Waals surface area contributed by atoms with Gasteiger partial charge in [0.25, 0.3) is 5.91 Å². The highest BCUT2D eigenvalue weighted by Crippen LogP contribution is 2.08. The predicted molar refractivity (Wildman–Crippen MR) is 48.9 cm³/mol. The average Bonchev–Trinajstić information content (AvgIpc) is 2.69. The van der Waals surface area contributed by atoms with E-state index in [2.05, 4.69) is 9.97 Å². The van der Waals surface area contributed by atoms with Crippen molar-refractivity contribution in [1.82, 2.24) is 14.9 Å². The molecule has 6 heteroatoms. The van der Waals surface area contributed by atoms with Gasteiger partial charge in [0.2, 0.25) is 0 Å². The number of ether oxygens (including phenoxy) is 1. The van der Waals surface area contributed by atoms with E-state index in [4.69, 9.17) is 16.3 Å². The number of rotatable bonds is 1. The van der Waals surface area contributed by atoms with Crippen molar-refractivity contribution in [2.75, 3.05) is 19.9 Å². The van der Waals surface area contributed by atoms with E-state index < -0.39 is 0 Å². The summed E-state index contributed by atoms with van der Waals surface area (Å²) in [7, 11) is 0. The summed E-state index contributed by atoms with van der Waals surface area (Å²) in [4.78, 5) is 20.9. The standard InChI is InChI=1S/C8H8ClN3O2/c9-7-4-10-3-6(11-7)8(13)12-1-2-14-5-12/h3-4H,1-2,5H2. The minimum absolute atomic E-state index is 0.197. The third-order valence-corrected chi connectivity index (χ3v) is 2.05. The van der Waals surface area contributed by atoms with Gasteiger partial charge in [-0.3, -0.25) is 9.78 Å². The summed E-state index contributed by atoms with van der Waals surface area (Å²) < 4.78 is 5.05. The molecule has 2 rings (SSSR count). The van der Waals surface area contributed by atoms with E-state index in [0.29, 0.717) is 19.9 Å². The Kier molecular flexibility index (Phi) is 2.60. The SMILES string of the molecule is O=C(c1cncc(Cl)n1)N1CCOC1. The highest BCUT2D eigenvalue weighted by atomic mass is 35.5. The molecule has 5 nitrogen and oxygen atoms in total. The summed E-state index contributed by atoms with van der Waals surface area (Å²) in [5, 5.41) is 0.218. The first-order valence-corrected chi connectivity index (χ1v) is 4.50. The van der Waals surface area contributed by atoms with Gasteiger partial charge in [-0.05, 0) is 0 Å². The molecule has 0 bridgehead atoms. The molecule has 1 aromatic heterocycles. The van der Waals surface area contributed by atoms with Crippen LogP contribution in [0.2, 0.25) is 5.15 Å². The molecule has 0 unspecified atom stereocenters. The van der Waals surface area contributed by atoms with Gasteiger partial charge >= 0.3 is 0 Å². The van der Waals surface area contributed by atoms with Crippen molar-refractivity contribution in [3.8, 4) is 0 Å². The van der Waals surface area contributed by atoms with Crippen molar-refractivity contribution in [2.24, 2.45) is 0 Å². The van der Waals surface area contributed by atoms with Gasteiger partial charge < -0.3 is 9.64 Å². The number of hydrogen-bond acceptors (Lipinski definition) is 4. The Bertz CT molecular complexity index is 352. The first kappa shape index (κ1) is 9.36. The summed E-state index contributed by atoms with van der Waals surface area (Å²) >= 11 is 5.62. The van der Waals surface area contributed by atoms with E-state index in [9.17, 15) is 4.79 Å². The molecule has 0 aliphatic carbocycles. The lowest BCUT2D eigenvalue weighted by Crippen LogP contribution is -2.29. The molecule has 0 aromatic carbocycles. The van der Waals surface area contributed by atoms with Gasteiger partial charge in [-0.2, -0.15) is 0 Å². The molecule has 2 heterocycles. The van der Waals surface area contributed by atoms with Gasteiger partial charge in [0, 0.05) is 6.54 Å². The lowest BCUT2D eigenvalue weighted by atomic mass is 10.4. The number of aromatic nitrogens is 2. The van der Waals surface area contributed by atoms with Crippen LogP contribution in [-0.2, 0) is 4.74 Å². The van der Waals surface area contributed by atoms with Crippen LogP contribution in [0.5, 0.6) is 0 Å². The van der Waals surface area contributed by atoms with Gasteiger partial charge in [-0.1, -0.05) is 11.6 Å². The van der Waals surface area contributed by atoms with Crippen LogP contribution >= 0.6 is 11.6 Å².